The maximum absolute atomic E-state index is 9.91. The first-order valence-electron chi connectivity index (χ1n) is 5.24. The van der Waals surface area contributed by atoms with Crippen molar-refractivity contribution in [2.24, 2.45) is 5.73 Å². The Kier molecular flexibility index (Phi) is 3.71. The van der Waals surface area contributed by atoms with Crippen LogP contribution in [0.1, 0.15) is 32.6 Å². The van der Waals surface area contributed by atoms with Crippen LogP contribution in [-0.4, -0.2) is 41.8 Å². The van der Waals surface area contributed by atoms with Gasteiger partial charge in [-0.1, -0.05) is 6.92 Å². The van der Waals surface area contributed by atoms with Crippen LogP contribution in [0.2, 0.25) is 0 Å². The quantitative estimate of drug-likeness (QED) is 0.677. The minimum atomic E-state index is -0.564. The van der Waals surface area contributed by atoms with Gasteiger partial charge in [0.1, 0.15) is 0 Å². The number of rotatable bonds is 3. The Hall–Kier alpha value is -0.120. The van der Waals surface area contributed by atoms with E-state index in [-0.39, 0.29) is 0 Å². The lowest BCUT2D eigenvalue weighted by Crippen LogP contribution is -2.46. The van der Waals surface area contributed by atoms with Crippen LogP contribution in [0.15, 0.2) is 0 Å². The van der Waals surface area contributed by atoms with Crippen molar-refractivity contribution in [1.82, 2.24) is 4.90 Å². The standard InChI is InChI=1S/C10H22N2O/c1-3-12(2)9-4-6-10(13,8-11)7-5-9/h9,13H,3-8,11H2,1-2H3. The summed E-state index contributed by atoms with van der Waals surface area (Å²) in [5.41, 5.74) is 4.96. The average molecular weight is 186 g/mol. The monoisotopic (exact) mass is 186 g/mol. The Labute approximate surface area is 80.9 Å². The average Bonchev–Trinajstić information content (AvgIpc) is 2.18. The molecule has 1 aliphatic rings. The second-order valence-corrected chi connectivity index (χ2v) is 4.23. The van der Waals surface area contributed by atoms with E-state index in [0.717, 1.165) is 32.2 Å². The molecule has 0 aromatic rings. The van der Waals surface area contributed by atoms with Crippen molar-refractivity contribution in [3.8, 4) is 0 Å². The molecule has 0 aliphatic heterocycles. The second-order valence-electron chi connectivity index (χ2n) is 4.23. The Morgan fingerprint density at radius 1 is 1.46 bits per heavy atom. The topological polar surface area (TPSA) is 49.5 Å². The van der Waals surface area contributed by atoms with Gasteiger partial charge in [0.05, 0.1) is 5.60 Å². The number of hydrogen-bond donors (Lipinski definition) is 2. The molecule has 0 amide bonds. The number of aliphatic hydroxyl groups is 1. The molecule has 1 rings (SSSR count). The van der Waals surface area contributed by atoms with Gasteiger partial charge in [0.25, 0.3) is 0 Å². The molecule has 1 aliphatic carbocycles. The molecule has 1 saturated carbocycles. The molecular formula is C10H22N2O. The molecule has 0 aromatic carbocycles. The fourth-order valence-electron chi connectivity index (χ4n) is 2.04. The molecule has 0 unspecified atom stereocenters. The van der Waals surface area contributed by atoms with E-state index >= 15 is 0 Å². The predicted molar refractivity (Wildman–Crippen MR) is 54.6 cm³/mol. The Morgan fingerprint density at radius 2 is 2.00 bits per heavy atom. The maximum atomic E-state index is 9.91. The van der Waals surface area contributed by atoms with E-state index in [0.29, 0.717) is 12.6 Å². The molecule has 0 atom stereocenters. The van der Waals surface area contributed by atoms with Crippen molar-refractivity contribution in [1.29, 1.82) is 0 Å². The van der Waals surface area contributed by atoms with Crippen molar-refractivity contribution in [2.45, 2.75) is 44.2 Å². The number of nitrogens with two attached hydrogens (primary N) is 1. The zero-order valence-corrected chi connectivity index (χ0v) is 8.79. The van der Waals surface area contributed by atoms with Crippen LogP contribution in [0.5, 0.6) is 0 Å². The zero-order valence-electron chi connectivity index (χ0n) is 8.79. The predicted octanol–water partition coefficient (Wildman–Crippen LogP) is 0.570. The van der Waals surface area contributed by atoms with Crippen LogP contribution in [-0.2, 0) is 0 Å². The molecule has 0 saturated heterocycles. The van der Waals surface area contributed by atoms with Gasteiger partial charge in [-0.15, -0.1) is 0 Å². The van der Waals surface area contributed by atoms with Gasteiger partial charge in [0.2, 0.25) is 0 Å². The number of hydrogen-bond acceptors (Lipinski definition) is 3. The highest BCUT2D eigenvalue weighted by Gasteiger charge is 2.32. The molecule has 13 heavy (non-hydrogen) atoms. The van der Waals surface area contributed by atoms with Gasteiger partial charge in [-0.3, -0.25) is 0 Å². The van der Waals surface area contributed by atoms with E-state index in [2.05, 4.69) is 18.9 Å². The molecule has 3 nitrogen and oxygen atoms in total. The smallest absolute Gasteiger partial charge is 0.0770 e. The van der Waals surface area contributed by atoms with Crippen LogP contribution in [0.25, 0.3) is 0 Å². The maximum Gasteiger partial charge on any atom is 0.0770 e. The molecule has 0 aromatic heterocycles. The lowest BCUT2D eigenvalue weighted by Gasteiger charge is -2.38. The van der Waals surface area contributed by atoms with E-state index in [1.165, 1.54) is 0 Å². The summed E-state index contributed by atoms with van der Waals surface area (Å²) < 4.78 is 0. The lowest BCUT2D eigenvalue weighted by molar-refractivity contribution is -0.00874. The third-order valence-electron chi connectivity index (χ3n) is 3.39. The Morgan fingerprint density at radius 3 is 2.38 bits per heavy atom. The van der Waals surface area contributed by atoms with Crippen molar-refractivity contribution >= 4 is 0 Å². The SMILES string of the molecule is CCN(C)C1CCC(O)(CN)CC1. The molecule has 3 heteroatoms. The second kappa shape index (κ2) is 4.40. The highest BCUT2D eigenvalue weighted by atomic mass is 16.3. The van der Waals surface area contributed by atoms with Crippen LogP contribution < -0.4 is 5.73 Å². The van der Waals surface area contributed by atoms with E-state index < -0.39 is 5.60 Å². The van der Waals surface area contributed by atoms with Gasteiger partial charge < -0.3 is 15.7 Å². The van der Waals surface area contributed by atoms with E-state index in [4.69, 9.17) is 5.73 Å². The fourth-order valence-corrected chi connectivity index (χ4v) is 2.04. The van der Waals surface area contributed by atoms with Gasteiger partial charge in [0, 0.05) is 12.6 Å². The molecule has 78 valence electrons. The lowest BCUT2D eigenvalue weighted by atomic mass is 9.82. The van der Waals surface area contributed by atoms with Crippen LogP contribution in [0, 0.1) is 0 Å². The third kappa shape index (κ3) is 2.66. The first kappa shape index (κ1) is 11.0. The minimum Gasteiger partial charge on any atom is -0.389 e. The first-order chi connectivity index (χ1) is 6.11. The molecule has 0 spiro atoms. The molecule has 3 N–H and O–H groups in total. The van der Waals surface area contributed by atoms with E-state index in [9.17, 15) is 5.11 Å². The largest absolute Gasteiger partial charge is 0.389 e. The highest BCUT2D eigenvalue weighted by Crippen LogP contribution is 2.29. The molecule has 0 radical (unpaired) electrons. The normalized spacial score (nSPS) is 35.3. The summed E-state index contributed by atoms with van der Waals surface area (Å²) >= 11 is 0. The first-order valence-corrected chi connectivity index (χ1v) is 5.24. The Balaban J connectivity index is 2.38. The molecule has 0 bridgehead atoms. The van der Waals surface area contributed by atoms with E-state index in [1.54, 1.807) is 0 Å². The van der Waals surface area contributed by atoms with Gasteiger partial charge in [0.15, 0.2) is 0 Å². The van der Waals surface area contributed by atoms with Crippen molar-refractivity contribution in [3.05, 3.63) is 0 Å². The molecule has 0 heterocycles. The van der Waals surface area contributed by atoms with Gasteiger partial charge in [-0.25, -0.2) is 0 Å². The summed E-state index contributed by atoms with van der Waals surface area (Å²) in [4.78, 5) is 2.36. The van der Waals surface area contributed by atoms with Gasteiger partial charge in [-0.2, -0.15) is 0 Å². The number of nitrogens with zero attached hydrogens (tertiary/aromatic N) is 1. The van der Waals surface area contributed by atoms with Crippen molar-refractivity contribution in [2.75, 3.05) is 20.1 Å². The minimum absolute atomic E-state index is 0.412. The van der Waals surface area contributed by atoms with Gasteiger partial charge in [-0.05, 0) is 39.3 Å². The summed E-state index contributed by atoms with van der Waals surface area (Å²) in [7, 11) is 2.15. The third-order valence-corrected chi connectivity index (χ3v) is 3.39. The molecule has 1 fully saturated rings. The van der Waals surface area contributed by atoms with Crippen molar-refractivity contribution in [3.63, 3.8) is 0 Å². The summed E-state index contributed by atoms with van der Waals surface area (Å²) in [5.74, 6) is 0. The zero-order chi connectivity index (χ0) is 9.90. The highest BCUT2D eigenvalue weighted by molar-refractivity contribution is 4.88. The Bertz CT molecular complexity index is 153. The van der Waals surface area contributed by atoms with Crippen molar-refractivity contribution < 1.29 is 5.11 Å². The fraction of sp³-hybridized carbons (Fsp3) is 1.00. The summed E-state index contributed by atoms with van der Waals surface area (Å²) in [6.45, 7) is 3.67. The van der Waals surface area contributed by atoms with Gasteiger partial charge >= 0.3 is 0 Å². The summed E-state index contributed by atoms with van der Waals surface area (Å²) in [6, 6.07) is 0.650. The molecular weight excluding hydrogens is 164 g/mol. The van der Waals surface area contributed by atoms with Crippen LogP contribution >= 0.6 is 0 Å². The summed E-state index contributed by atoms with van der Waals surface area (Å²) in [6.07, 6.45) is 3.88. The summed E-state index contributed by atoms with van der Waals surface area (Å²) in [5, 5.41) is 9.91. The van der Waals surface area contributed by atoms with E-state index in [1.807, 2.05) is 0 Å². The van der Waals surface area contributed by atoms with Crippen LogP contribution in [0.4, 0.5) is 0 Å². The van der Waals surface area contributed by atoms with Crippen LogP contribution in [0.3, 0.4) is 0 Å².